The van der Waals surface area contributed by atoms with Gasteiger partial charge in [0, 0.05) is 5.56 Å². The van der Waals surface area contributed by atoms with Crippen LogP contribution in [0.1, 0.15) is 41.6 Å². The molecule has 1 saturated carbocycles. The van der Waals surface area contributed by atoms with Crippen LogP contribution >= 0.6 is 0 Å². The highest BCUT2D eigenvalue weighted by molar-refractivity contribution is 6.05. The van der Waals surface area contributed by atoms with Crippen LogP contribution in [0.2, 0.25) is 0 Å². The average molecular weight is 417 g/mol. The third kappa shape index (κ3) is 5.00. The largest absolute Gasteiger partial charge is 0.455 e. The molecular weight excluding hydrogens is 396 g/mol. The Morgan fingerprint density at radius 3 is 2.20 bits per heavy atom. The van der Waals surface area contributed by atoms with Crippen molar-refractivity contribution in [2.45, 2.75) is 37.7 Å². The predicted octanol–water partition coefficient (Wildman–Crippen LogP) is 3.60. The quantitative estimate of drug-likeness (QED) is 0.697. The van der Waals surface area contributed by atoms with Gasteiger partial charge in [0.1, 0.15) is 5.75 Å². The summed E-state index contributed by atoms with van der Waals surface area (Å²) >= 11 is 0. The summed E-state index contributed by atoms with van der Waals surface area (Å²) in [6.45, 7) is -3.56. The second-order valence-electron chi connectivity index (χ2n) is 7.01. The summed E-state index contributed by atoms with van der Waals surface area (Å²) in [6, 6.07) is 14.2. The van der Waals surface area contributed by atoms with Crippen molar-refractivity contribution in [2.75, 3.05) is 6.61 Å². The molecule has 0 radical (unpaired) electrons. The van der Waals surface area contributed by atoms with Crippen LogP contribution < -0.4 is 10.1 Å². The van der Waals surface area contributed by atoms with E-state index in [4.69, 9.17) is 4.74 Å². The number of benzene rings is 2. The Balaban J connectivity index is 1.56. The van der Waals surface area contributed by atoms with E-state index in [0.29, 0.717) is 12.8 Å². The lowest BCUT2D eigenvalue weighted by molar-refractivity contribution is -0.154. The van der Waals surface area contributed by atoms with Gasteiger partial charge in [0.2, 0.25) is 0 Å². The number of amides is 2. The lowest BCUT2D eigenvalue weighted by Crippen LogP contribution is -2.39. The molecule has 6 nitrogen and oxygen atoms in total. The van der Waals surface area contributed by atoms with Crippen molar-refractivity contribution in [2.24, 2.45) is 0 Å². The van der Waals surface area contributed by atoms with Crippen LogP contribution in [0.25, 0.3) is 0 Å². The molecule has 2 aromatic carbocycles. The summed E-state index contributed by atoms with van der Waals surface area (Å²) in [6.07, 6.45) is 3.06. The molecule has 8 heteroatoms. The Hall–Kier alpha value is -3.29. The molecule has 1 fully saturated rings. The number of hydrogen-bond donors (Lipinski definition) is 1. The molecule has 3 rings (SSSR count). The first-order valence-corrected chi connectivity index (χ1v) is 9.52. The minimum Gasteiger partial charge on any atom is -0.455 e. The molecule has 1 N–H and O–H groups in total. The maximum absolute atomic E-state index is 12.8. The maximum Gasteiger partial charge on any atom is 0.387 e. The number of nitrogens with one attached hydrogen (secondary N) is 1. The number of alkyl halides is 2. The van der Waals surface area contributed by atoms with Gasteiger partial charge in [-0.3, -0.25) is 19.7 Å². The number of imide groups is 1. The molecular formula is C22H21F2NO5. The molecule has 1 aliphatic rings. The Morgan fingerprint density at radius 1 is 0.967 bits per heavy atom. The van der Waals surface area contributed by atoms with Crippen LogP contribution in [0.4, 0.5) is 8.78 Å². The van der Waals surface area contributed by atoms with Gasteiger partial charge in [0.25, 0.3) is 11.8 Å². The molecule has 0 spiro atoms. The fourth-order valence-electron chi connectivity index (χ4n) is 3.64. The van der Waals surface area contributed by atoms with Crippen molar-refractivity contribution in [3.05, 3.63) is 65.7 Å². The van der Waals surface area contributed by atoms with Gasteiger partial charge in [-0.1, -0.05) is 43.2 Å². The average Bonchev–Trinajstić information content (AvgIpc) is 3.24. The molecule has 0 heterocycles. The van der Waals surface area contributed by atoms with Crippen LogP contribution in [0.5, 0.6) is 5.75 Å². The van der Waals surface area contributed by atoms with Crippen LogP contribution in [-0.2, 0) is 19.7 Å². The molecule has 1 aliphatic carbocycles. The molecule has 0 aromatic heterocycles. The summed E-state index contributed by atoms with van der Waals surface area (Å²) in [5, 5.41) is 2.11. The lowest BCUT2D eigenvalue weighted by atomic mass is 9.79. The van der Waals surface area contributed by atoms with E-state index in [1.54, 1.807) is 0 Å². The van der Waals surface area contributed by atoms with E-state index in [0.717, 1.165) is 18.4 Å². The Kier molecular flexibility index (Phi) is 6.76. The zero-order valence-corrected chi connectivity index (χ0v) is 16.1. The minimum absolute atomic E-state index is 0.0767. The van der Waals surface area contributed by atoms with Crippen molar-refractivity contribution < 1.29 is 32.6 Å². The van der Waals surface area contributed by atoms with E-state index in [9.17, 15) is 23.2 Å². The van der Waals surface area contributed by atoms with Crippen LogP contribution in [-0.4, -0.2) is 31.0 Å². The smallest absolute Gasteiger partial charge is 0.387 e. The molecule has 0 aliphatic heterocycles. The van der Waals surface area contributed by atoms with Crippen LogP contribution in [0.3, 0.4) is 0 Å². The first-order valence-electron chi connectivity index (χ1n) is 9.52. The molecule has 0 saturated heterocycles. The highest BCUT2D eigenvalue weighted by atomic mass is 19.3. The third-order valence-electron chi connectivity index (χ3n) is 5.10. The van der Waals surface area contributed by atoms with Gasteiger partial charge in [-0.15, -0.1) is 0 Å². The van der Waals surface area contributed by atoms with Crippen molar-refractivity contribution in [3.8, 4) is 5.75 Å². The monoisotopic (exact) mass is 417 g/mol. The Bertz CT molecular complexity index is 894. The van der Waals surface area contributed by atoms with Gasteiger partial charge in [0.15, 0.2) is 6.61 Å². The Morgan fingerprint density at radius 2 is 1.60 bits per heavy atom. The Labute approximate surface area is 172 Å². The highest BCUT2D eigenvalue weighted by Crippen LogP contribution is 2.42. The van der Waals surface area contributed by atoms with Gasteiger partial charge < -0.3 is 9.47 Å². The fraction of sp³-hybridized carbons (Fsp3) is 0.318. The lowest BCUT2D eigenvalue weighted by Gasteiger charge is -2.27. The summed E-state index contributed by atoms with van der Waals surface area (Å²) in [7, 11) is 0. The summed E-state index contributed by atoms with van der Waals surface area (Å²) in [4.78, 5) is 37.0. The van der Waals surface area contributed by atoms with Crippen molar-refractivity contribution in [1.82, 2.24) is 5.32 Å². The molecule has 2 aromatic rings. The number of esters is 1. The van der Waals surface area contributed by atoms with Gasteiger partial charge in [0.05, 0.1) is 5.41 Å². The molecule has 158 valence electrons. The van der Waals surface area contributed by atoms with Crippen LogP contribution in [0, 0.1) is 0 Å². The minimum atomic E-state index is -2.97. The highest BCUT2D eigenvalue weighted by Gasteiger charge is 2.44. The number of carbonyl (C=O) groups is 3. The zero-order chi connectivity index (χ0) is 21.6. The van der Waals surface area contributed by atoms with E-state index in [1.807, 2.05) is 30.3 Å². The number of rotatable bonds is 7. The van der Waals surface area contributed by atoms with Gasteiger partial charge in [-0.25, -0.2) is 0 Å². The second-order valence-corrected chi connectivity index (χ2v) is 7.01. The molecule has 2 amide bonds. The van der Waals surface area contributed by atoms with Gasteiger partial charge in [-0.05, 0) is 42.7 Å². The number of ether oxygens (including phenoxy) is 2. The van der Waals surface area contributed by atoms with Gasteiger partial charge in [-0.2, -0.15) is 8.78 Å². The number of carbonyl (C=O) groups excluding carboxylic acids is 3. The standard InChI is InChI=1S/C22H21F2NO5/c23-21(24)30-17-10-8-15(9-11-17)19(27)25-18(26)14-29-20(28)22(12-4-5-13-22)16-6-2-1-3-7-16/h1-3,6-11,21H,4-5,12-14H2,(H,25,26,27). The zero-order valence-electron chi connectivity index (χ0n) is 16.1. The van der Waals surface area contributed by atoms with E-state index in [-0.39, 0.29) is 11.3 Å². The summed E-state index contributed by atoms with van der Waals surface area (Å²) in [5.74, 6) is -2.10. The molecule has 0 bridgehead atoms. The normalized spacial score (nSPS) is 14.9. The summed E-state index contributed by atoms with van der Waals surface area (Å²) in [5.41, 5.74) is 0.162. The third-order valence-corrected chi connectivity index (χ3v) is 5.10. The first kappa shape index (κ1) is 21.4. The molecule has 30 heavy (non-hydrogen) atoms. The fourth-order valence-corrected chi connectivity index (χ4v) is 3.64. The molecule has 0 unspecified atom stereocenters. The van der Waals surface area contributed by atoms with Crippen molar-refractivity contribution in [3.63, 3.8) is 0 Å². The van der Waals surface area contributed by atoms with E-state index >= 15 is 0 Å². The topological polar surface area (TPSA) is 81.7 Å². The SMILES string of the molecule is O=C(COC(=O)C1(c2ccccc2)CCCC1)NC(=O)c1ccc(OC(F)F)cc1. The first-order chi connectivity index (χ1) is 14.4. The van der Waals surface area contributed by atoms with E-state index in [1.165, 1.54) is 24.3 Å². The van der Waals surface area contributed by atoms with Crippen molar-refractivity contribution in [1.29, 1.82) is 0 Å². The number of halogens is 2. The van der Waals surface area contributed by atoms with Crippen LogP contribution in [0.15, 0.2) is 54.6 Å². The van der Waals surface area contributed by atoms with Gasteiger partial charge >= 0.3 is 12.6 Å². The maximum atomic E-state index is 12.8. The van der Waals surface area contributed by atoms with E-state index in [2.05, 4.69) is 10.1 Å². The second kappa shape index (κ2) is 9.47. The summed E-state index contributed by atoms with van der Waals surface area (Å²) < 4.78 is 33.8. The predicted molar refractivity (Wildman–Crippen MR) is 103 cm³/mol. The molecule has 0 atom stereocenters. The van der Waals surface area contributed by atoms with Crippen molar-refractivity contribution >= 4 is 17.8 Å². The van der Waals surface area contributed by atoms with E-state index < -0.39 is 36.4 Å². The number of hydrogen-bond acceptors (Lipinski definition) is 5.